The molecule has 1 unspecified atom stereocenters. The number of alkyl halides is 1. The number of aromatic nitrogens is 2. The number of hydrogen-bond acceptors (Lipinski definition) is 4. The summed E-state index contributed by atoms with van der Waals surface area (Å²) in [5.74, 6) is 1.01. The second-order valence-electron chi connectivity index (χ2n) is 4.94. The van der Waals surface area contributed by atoms with E-state index in [0.717, 1.165) is 29.5 Å². The van der Waals surface area contributed by atoms with Gasteiger partial charge in [0.1, 0.15) is 4.83 Å². The smallest absolute Gasteiger partial charge is 0.260 e. The molecule has 1 aliphatic rings. The van der Waals surface area contributed by atoms with Crippen molar-refractivity contribution < 1.29 is 4.39 Å². The number of halogens is 1. The minimum Gasteiger partial charge on any atom is -0.301 e. The highest BCUT2D eigenvalue weighted by atomic mass is 32.2. The molecule has 2 aromatic heterocycles. The Kier molecular flexibility index (Phi) is 3.62. The van der Waals surface area contributed by atoms with Gasteiger partial charge in [0, 0.05) is 10.6 Å². The van der Waals surface area contributed by atoms with E-state index < -0.39 is 6.67 Å². The molecule has 2 heterocycles. The van der Waals surface area contributed by atoms with E-state index in [9.17, 15) is 9.18 Å². The molecule has 6 heteroatoms. The predicted octanol–water partition coefficient (Wildman–Crippen LogP) is 3.17. The summed E-state index contributed by atoms with van der Waals surface area (Å²) in [7, 11) is 0. The summed E-state index contributed by atoms with van der Waals surface area (Å²) in [6.45, 7) is 1.83. The fraction of sp³-hybridized carbons (Fsp3) is 0.538. The summed E-state index contributed by atoms with van der Waals surface area (Å²) in [6, 6.07) is 0. The monoisotopic (exact) mass is 298 g/mol. The van der Waals surface area contributed by atoms with Gasteiger partial charge < -0.3 is 4.98 Å². The molecule has 0 bridgehead atoms. The fourth-order valence-corrected chi connectivity index (χ4v) is 4.57. The average molecular weight is 298 g/mol. The molecule has 0 aliphatic heterocycles. The molecular formula is C13H15FN2OS2. The maximum atomic E-state index is 12.2. The normalized spacial score (nSPS) is 18.7. The molecule has 1 aliphatic carbocycles. The minimum absolute atomic E-state index is 0.0709. The number of fused-ring (bicyclic) bond motifs is 3. The van der Waals surface area contributed by atoms with Crippen molar-refractivity contribution in [2.45, 2.75) is 31.3 Å². The lowest BCUT2D eigenvalue weighted by Crippen LogP contribution is -2.13. The Hall–Kier alpha value is -0.880. The summed E-state index contributed by atoms with van der Waals surface area (Å²) >= 11 is 2.89. The van der Waals surface area contributed by atoms with Crippen molar-refractivity contribution in [3.8, 4) is 0 Å². The number of rotatable bonds is 3. The van der Waals surface area contributed by atoms with E-state index in [0.29, 0.717) is 16.8 Å². The topological polar surface area (TPSA) is 45.8 Å². The van der Waals surface area contributed by atoms with Crippen molar-refractivity contribution in [2.24, 2.45) is 5.92 Å². The number of nitrogens with one attached hydrogen (secondary N) is 1. The second-order valence-corrected chi connectivity index (χ2v) is 7.11. The van der Waals surface area contributed by atoms with E-state index in [-0.39, 0.29) is 5.56 Å². The van der Waals surface area contributed by atoms with Gasteiger partial charge in [-0.25, -0.2) is 4.98 Å². The molecule has 2 aromatic rings. The first kappa shape index (κ1) is 13.1. The van der Waals surface area contributed by atoms with Gasteiger partial charge >= 0.3 is 0 Å². The van der Waals surface area contributed by atoms with Crippen LogP contribution < -0.4 is 5.56 Å². The van der Waals surface area contributed by atoms with E-state index in [2.05, 4.69) is 16.9 Å². The van der Waals surface area contributed by atoms with Crippen molar-refractivity contribution >= 4 is 33.3 Å². The van der Waals surface area contributed by atoms with Gasteiger partial charge in [-0.1, -0.05) is 18.7 Å². The first-order chi connectivity index (χ1) is 9.19. The third-order valence-electron chi connectivity index (χ3n) is 3.46. The lowest BCUT2D eigenvalue weighted by atomic mass is 9.89. The second kappa shape index (κ2) is 5.25. The van der Waals surface area contributed by atoms with E-state index in [4.69, 9.17) is 0 Å². The van der Waals surface area contributed by atoms with Crippen LogP contribution in [-0.2, 0) is 12.8 Å². The zero-order valence-electron chi connectivity index (χ0n) is 10.7. The SMILES string of the molecule is CC1CCc2c(sc3nc(SCCF)[nH]c(=O)c23)C1. The van der Waals surface area contributed by atoms with Crippen LogP contribution in [0.5, 0.6) is 0 Å². The molecular weight excluding hydrogens is 283 g/mol. The Morgan fingerprint density at radius 3 is 3.21 bits per heavy atom. The Morgan fingerprint density at radius 2 is 2.42 bits per heavy atom. The third-order valence-corrected chi connectivity index (χ3v) is 5.43. The molecule has 0 amide bonds. The summed E-state index contributed by atoms with van der Waals surface area (Å²) in [6.07, 6.45) is 3.15. The van der Waals surface area contributed by atoms with Gasteiger partial charge in [-0.3, -0.25) is 9.18 Å². The fourth-order valence-electron chi connectivity index (χ4n) is 2.53. The van der Waals surface area contributed by atoms with Crippen LogP contribution in [0.4, 0.5) is 4.39 Å². The Morgan fingerprint density at radius 1 is 1.58 bits per heavy atom. The van der Waals surface area contributed by atoms with Gasteiger partial charge in [0.05, 0.1) is 12.1 Å². The van der Waals surface area contributed by atoms with Crippen molar-refractivity contribution in [1.29, 1.82) is 0 Å². The van der Waals surface area contributed by atoms with Gasteiger partial charge in [-0.05, 0) is 30.7 Å². The van der Waals surface area contributed by atoms with Gasteiger partial charge in [-0.15, -0.1) is 11.3 Å². The summed E-state index contributed by atoms with van der Waals surface area (Å²) in [4.78, 5) is 21.5. The number of thiophene rings is 1. The van der Waals surface area contributed by atoms with E-state index in [1.165, 1.54) is 22.2 Å². The Bertz CT molecular complexity index is 664. The predicted molar refractivity (Wildman–Crippen MR) is 78.1 cm³/mol. The highest BCUT2D eigenvalue weighted by molar-refractivity contribution is 7.99. The van der Waals surface area contributed by atoms with Crippen LogP contribution in [0.2, 0.25) is 0 Å². The van der Waals surface area contributed by atoms with Gasteiger partial charge in [0.2, 0.25) is 0 Å². The van der Waals surface area contributed by atoms with Crippen LogP contribution in [-0.4, -0.2) is 22.4 Å². The number of aromatic amines is 1. The number of hydrogen-bond donors (Lipinski definition) is 1. The quantitative estimate of drug-likeness (QED) is 0.699. The molecule has 1 N–H and O–H groups in total. The molecule has 3 nitrogen and oxygen atoms in total. The third kappa shape index (κ3) is 2.43. The first-order valence-electron chi connectivity index (χ1n) is 6.42. The average Bonchev–Trinajstić information content (AvgIpc) is 2.73. The van der Waals surface area contributed by atoms with Crippen molar-refractivity contribution in [3.63, 3.8) is 0 Å². The largest absolute Gasteiger partial charge is 0.301 e. The molecule has 0 spiro atoms. The highest BCUT2D eigenvalue weighted by Gasteiger charge is 2.22. The molecule has 102 valence electrons. The molecule has 0 fully saturated rings. The standard InChI is InChI=1S/C13H15FN2OS2/c1-7-2-3-8-9(6-7)19-12-10(8)11(17)15-13(16-12)18-5-4-14/h7H,2-6H2,1H3,(H,15,16,17). The van der Waals surface area contributed by atoms with Crippen LogP contribution in [0.1, 0.15) is 23.8 Å². The number of H-pyrrole nitrogens is 1. The van der Waals surface area contributed by atoms with Crippen LogP contribution >= 0.6 is 23.1 Å². The maximum absolute atomic E-state index is 12.2. The molecule has 0 aromatic carbocycles. The summed E-state index contributed by atoms with van der Waals surface area (Å²) in [5, 5.41) is 1.29. The number of thioether (sulfide) groups is 1. The lowest BCUT2D eigenvalue weighted by Gasteiger charge is -2.17. The molecule has 1 atom stereocenters. The molecule has 0 saturated carbocycles. The van der Waals surface area contributed by atoms with Crippen LogP contribution in [0.3, 0.4) is 0 Å². The van der Waals surface area contributed by atoms with Gasteiger partial charge in [0.15, 0.2) is 5.16 Å². The number of aryl methyl sites for hydroxylation is 1. The van der Waals surface area contributed by atoms with Crippen molar-refractivity contribution in [2.75, 3.05) is 12.4 Å². The highest BCUT2D eigenvalue weighted by Crippen LogP contribution is 2.36. The Balaban J connectivity index is 2.09. The molecule has 3 rings (SSSR count). The molecule has 0 radical (unpaired) electrons. The lowest BCUT2D eigenvalue weighted by molar-refractivity contribution is 0.509. The van der Waals surface area contributed by atoms with Crippen LogP contribution in [0.25, 0.3) is 10.2 Å². The molecule has 19 heavy (non-hydrogen) atoms. The van der Waals surface area contributed by atoms with E-state index in [1.807, 2.05) is 0 Å². The van der Waals surface area contributed by atoms with Gasteiger partial charge in [-0.2, -0.15) is 0 Å². The van der Waals surface area contributed by atoms with Crippen LogP contribution in [0.15, 0.2) is 9.95 Å². The zero-order valence-corrected chi connectivity index (χ0v) is 12.3. The van der Waals surface area contributed by atoms with Gasteiger partial charge in [0.25, 0.3) is 5.56 Å². The minimum atomic E-state index is -0.412. The first-order valence-corrected chi connectivity index (χ1v) is 8.22. The zero-order chi connectivity index (χ0) is 13.4. The Labute approximate surface area is 118 Å². The van der Waals surface area contributed by atoms with Crippen molar-refractivity contribution in [3.05, 3.63) is 20.8 Å². The van der Waals surface area contributed by atoms with E-state index in [1.54, 1.807) is 11.3 Å². The van der Waals surface area contributed by atoms with Crippen molar-refractivity contribution in [1.82, 2.24) is 9.97 Å². The summed E-state index contributed by atoms with van der Waals surface area (Å²) in [5.41, 5.74) is 1.12. The van der Waals surface area contributed by atoms with Crippen LogP contribution in [0, 0.1) is 5.92 Å². The van der Waals surface area contributed by atoms with E-state index >= 15 is 0 Å². The summed E-state index contributed by atoms with van der Waals surface area (Å²) < 4.78 is 12.2. The number of nitrogens with zero attached hydrogens (tertiary/aromatic N) is 1. The molecule has 0 saturated heterocycles. The maximum Gasteiger partial charge on any atom is 0.260 e.